The van der Waals surface area contributed by atoms with Crippen LogP contribution in [-0.2, 0) is 6.42 Å². The van der Waals surface area contributed by atoms with E-state index in [4.69, 9.17) is 18.0 Å². The Hall–Kier alpha value is -1.67. The number of thiocarbonyl (C=S) groups is 1. The van der Waals surface area contributed by atoms with Gasteiger partial charge in [0.25, 0.3) is 0 Å². The highest BCUT2D eigenvalue weighted by atomic mass is 32.1. The quantitative estimate of drug-likeness (QED) is 0.815. The van der Waals surface area contributed by atoms with Gasteiger partial charge in [-0.1, -0.05) is 66.8 Å². The summed E-state index contributed by atoms with van der Waals surface area (Å²) in [4.78, 5) is 0.531. The van der Waals surface area contributed by atoms with E-state index in [0.717, 1.165) is 0 Å². The topological polar surface area (TPSA) is 26.0 Å². The van der Waals surface area contributed by atoms with Crippen LogP contribution >= 0.6 is 12.2 Å². The van der Waals surface area contributed by atoms with E-state index in [1.165, 1.54) is 16.7 Å². The molecule has 2 N–H and O–H groups in total. The van der Waals surface area contributed by atoms with Gasteiger partial charge in [-0.3, -0.25) is 0 Å². The van der Waals surface area contributed by atoms with Crippen molar-refractivity contribution in [1.29, 1.82) is 0 Å². The molecule has 0 saturated heterocycles. The van der Waals surface area contributed by atoms with E-state index in [0.29, 0.717) is 11.4 Å². The minimum absolute atomic E-state index is 0.531. The first-order valence-electron chi connectivity index (χ1n) is 5.19. The van der Waals surface area contributed by atoms with E-state index in [1.807, 2.05) is 30.3 Å². The predicted octanol–water partition coefficient (Wildman–Crippen LogP) is 3.18. The van der Waals surface area contributed by atoms with Gasteiger partial charge >= 0.3 is 0 Å². The maximum absolute atomic E-state index is 5.60. The van der Waals surface area contributed by atoms with Gasteiger partial charge in [0.05, 0.1) is 4.99 Å². The molecular weight excluding hydrogens is 214 g/mol. The Labute approximate surface area is 101 Å². The molecule has 0 heterocycles. The van der Waals surface area contributed by atoms with Crippen LogP contribution in [0, 0.1) is 0 Å². The van der Waals surface area contributed by atoms with E-state index in [9.17, 15) is 0 Å². The van der Waals surface area contributed by atoms with Gasteiger partial charge in [-0.2, -0.15) is 0 Å². The largest absolute Gasteiger partial charge is 0.393 e. The molecule has 0 fully saturated rings. The molecule has 2 rings (SSSR count). The number of hydrogen-bond acceptors (Lipinski definition) is 1. The smallest absolute Gasteiger partial charge is 0.0771 e. The summed E-state index contributed by atoms with van der Waals surface area (Å²) < 4.78 is 0. The summed E-state index contributed by atoms with van der Waals surface area (Å²) in [5.74, 6) is 0. The maximum atomic E-state index is 5.60. The van der Waals surface area contributed by atoms with Gasteiger partial charge in [0.1, 0.15) is 0 Å². The van der Waals surface area contributed by atoms with Gasteiger partial charge in [-0.05, 0) is 16.7 Å². The molecule has 80 valence electrons. The standard InChI is InChI=1S/C14H13NS/c15-14(16)10-12-8-4-5-9-13(12)11-6-2-1-3-7-11/h1-9H,10H2,(H2,15,16). The molecule has 0 radical (unpaired) electrons. The molecule has 0 aliphatic rings. The minimum Gasteiger partial charge on any atom is -0.393 e. The molecule has 0 aliphatic heterocycles. The fourth-order valence-electron chi connectivity index (χ4n) is 1.76. The number of rotatable bonds is 3. The second-order valence-corrected chi connectivity index (χ2v) is 4.19. The van der Waals surface area contributed by atoms with Crippen molar-refractivity contribution in [2.24, 2.45) is 5.73 Å². The SMILES string of the molecule is NC(=S)Cc1ccccc1-c1ccccc1. The summed E-state index contributed by atoms with van der Waals surface area (Å²) in [6.45, 7) is 0. The number of benzene rings is 2. The molecule has 1 nitrogen and oxygen atoms in total. The molecule has 16 heavy (non-hydrogen) atoms. The number of hydrogen-bond donors (Lipinski definition) is 1. The van der Waals surface area contributed by atoms with Crippen molar-refractivity contribution < 1.29 is 0 Å². The van der Waals surface area contributed by atoms with Crippen molar-refractivity contribution in [1.82, 2.24) is 0 Å². The van der Waals surface area contributed by atoms with Gasteiger partial charge < -0.3 is 5.73 Å². The highest BCUT2D eigenvalue weighted by Crippen LogP contribution is 2.23. The lowest BCUT2D eigenvalue weighted by Gasteiger charge is -2.08. The lowest BCUT2D eigenvalue weighted by Crippen LogP contribution is -2.11. The average Bonchev–Trinajstić information content (AvgIpc) is 2.30. The normalized spacial score (nSPS) is 10.0. The molecule has 0 amide bonds. The van der Waals surface area contributed by atoms with Gasteiger partial charge in [0.2, 0.25) is 0 Å². The summed E-state index contributed by atoms with van der Waals surface area (Å²) >= 11 is 4.96. The van der Waals surface area contributed by atoms with Crippen LogP contribution in [0.25, 0.3) is 11.1 Å². The summed E-state index contributed by atoms with van der Waals surface area (Å²) in [6, 6.07) is 18.5. The first-order valence-corrected chi connectivity index (χ1v) is 5.60. The lowest BCUT2D eigenvalue weighted by molar-refractivity contribution is 1.33. The van der Waals surface area contributed by atoms with Crippen LogP contribution < -0.4 is 5.73 Å². The molecule has 2 aromatic rings. The van der Waals surface area contributed by atoms with Crippen molar-refractivity contribution in [2.45, 2.75) is 6.42 Å². The molecule has 0 aromatic heterocycles. The third-order valence-corrected chi connectivity index (χ3v) is 2.61. The third-order valence-electron chi connectivity index (χ3n) is 2.47. The molecule has 0 atom stereocenters. The zero-order valence-corrected chi connectivity index (χ0v) is 9.71. The molecular formula is C14H13NS. The van der Waals surface area contributed by atoms with Gasteiger partial charge in [0.15, 0.2) is 0 Å². The van der Waals surface area contributed by atoms with Crippen LogP contribution in [0.3, 0.4) is 0 Å². The first-order chi connectivity index (χ1) is 7.77. The Balaban J connectivity index is 2.44. The highest BCUT2D eigenvalue weighted by molar-refractivity contribution is 7.80. The fourth-order valence-corrected chi connectivity index (χ4v) is 1.92. The molecule has 2 heteroatoms. The van der Waals surface area contributed by atoms with Crippen molar-refractivity contribution in [3.05, 3.63) is 60.2 Å². The van der Waals surface area contributed by atoms with Crippen LogP contribution in [0.5, 0.6) is 0 Å². The van der Waals surface area contributed by atoms with Crippen LogP contribution in [0.4, 0.5) is 0 Å². The van der Waals surface area contributed by atoms with Gasteiger partial charge in [-0.15, -0.1) is 0 Å². The Morgan fingerprint density at radius 2 is 1.56 bits per heavy atom. The van der Waals surface area contributed by atoms with E-state index in [2.05, 4.69) is 24.3 Å². The Kier molecular flexibility index (Phi) is 3.32. The Morgan fingerprint density at radius 3 is 2.25 bits per heavy atom. The number of nitrogens with two attached hydrogens (primary N) is 1. The summed E-state index contributed by atoms with van der Waals surface area (Å²) in [6.07, 6.45) is 0.653. The fraction of sp³-hybridized carbons (Fsp3) is 0.0714. The van der Waals surface area contributed by atoms with Gasteiger partial charge in [0, 0.05) is 6.42 Å². The van der Waals surface area contributed by atoms with E-state index < -0.39 is 0 Å². The van der Waals surface area contributed by atoms with E-state index in [-0.39, 0.29) is 0 Å². The van der Waals surface area contributed by atoms with Crippen LogP contribution in [0.1, 0.15) is 5.56 Å². The summed E-state index contributed by atoms with van der Waals surface area (Å²) in [7, 11) is 0. The molecule has 0 unspecified atom stereocenters. The molecule has 2 aromatic carbocycles. The second kappa shape index (κ2) is 4.90. The van der Waals surface area contributed by atoms with E-state index in [1.54, 1.807) is 0 Å². The highest BCUT2D eigenvalue weighted by Gasteiger charge is 2.04. The molecule has 0 saturated carbocycles. The Morgan fingerprint density at radius 1 is 0.938 bits per heavy atom. The predicted molar refractivity (Wildman–Crippen MR) is 72.4 cm³/mol. The first kappa shape index (κ1) is 10.8. The van der Waals surface area contributed by atoms with Crippen molar-refractivity contribution in [3.63, 3.8) is 0 Å². The summed E-state index contributed by atoms with van der Waals surface area (Å²) in [5.41, 5.74) is 9.19. The van der Waals surface area contributed by atoms with E-state index >= 15 is 0 Å². The third kappa shape index (κ3) is 2.47. The zero-order valence-electron chi connectivity index (χ0n) is 8.89. The van der Waals surface area contributed by atoms with Gasteiger partial charge in [-0.25, -0.2) is 0 Å². The van der Waals surface area contributed by atoms with Crippen molar-refractivity contribution in [2.75, 3.05) is 0 Å². The van der Waals surface area contributed by atoms with Crippen LogP contribution in [-0.4, -0.2) is 4.99 Å². The van der Waals surface area contributed by atoms with Crippen molar-refractivity contribution in [3.8, 4) is 11.1 Å². The molecule has 0 bridgehead atoms. The average molecular weight is 227 g/mol. The molecule has 0 spiro atoms. The monoisotopic (exact) mass is 227 g/mol. The lowest BCUT2D eigenvalue weighted by atomic mass is 9.98. The zero-order chi connectivity index (χ0) is 11.4. The molecule has 0 aliphatic carbocycles. The Bertz CT molecular complexity index is 491. The minimum atomic E-state index is 0.531. The summed E-state index contributed by atoms with van der Waals surface area (Å²) in [5, 5.41) is 0. The van der Waals surface area contributed by atoms with Crippen LogP contribution in [0.15, 0.2) is 54.6 Å². The maximum Gasteiger partial charge on any atom is 0.0771 e. The van der Waals surface area contributed by atoms with Crippen LogP contribution in [0.2, 0.25) is 0 Å². The second-order valence-electron chi connectivity index (χ2n) is 3.67. The van der Waals surface area contributed by atoms with Crippen molar-refractivity contribution >= 4 is 17.2 Å².